The Kier molecular flexibility index (Phi) is 3.65. The fraction of sp³-hybridized carbons (Fsp3) is 0.286. The van der Waals surface area contributed by atoms with Crippen molar-refractivity contribution in [2.75, 3.05) is 7.11 Å². The first kappa shape index (κ1) is 13.9. The summed E-state index contributed by atoms with van der Waals surface area (Å²) in [5, 5.41) is 9.24. The van der Waals surface area contributed by atoms with Crippen molar-refractivity contribution < 1.29 is 23.8 Å². The Morgan fingerprint density at radius 1 is 1.35 bits per heavy atom. The van der Waals surface area contributed by atoms with Crippen LogP contribution in [0.2, 0.25) is 0 Å². The highest BCUT2D eigenvalue weighted by Crippen LogP contribution is 2.18. The third kappa shape index (κ3) is 2.45. The largest absolute Gasteiger partial charge is 0.477 e. The van der Waals surface area contributed by atoms with E-state index in [9.17, 15) is 14.7 Å². The van der Waals surface area contributed by atoms with Crippen molar-refractivity contribution >= 4 is 11.9 Å². The number of furan rings is 1. The molecule has 0 aliphatic rings. The SMILES string of the molecule is COC(=O)c1ccc(Cn2c(C)cc(C)c2C(=O)O)o1. The van der Waals surface area contributed by atoms with Gasteiger partial charge in [0.2, 0.25) is 5.76 Å². The number of rotatable bonds is 4. The fourth-order valence-corrected chi connectivity index (χ4v) is 2.17. The van der Waals surface area contributed by atoms with Crippen LogP contribution in [0.3, 0.4) is 0 Å². The van der Waals surface area contributed by atoms with E-state index < -0.39 is 11.9 Å². The molecular formula is C14H15NO5. The number of nitrogens with zero attached hydrogens (tertiary/aromatic N) is 1. The number of hydrogen-bond donors (Lipinski definition) is 1. The van der Waals surface area contributed by atoms with Crippen molar-refractivity contribution in [2.45, 2.75) is 20.4 Å². The molecule has 2 rings (SSSR count). The van der Waals surface area contributed by atoms with Gasteiger partial charge in [0.25, 0.3) is 0 Å². The summed E-state index contributed by atoms with van der Waals surface area (Å²) in [6, 6.07) is 4.94. The Hall–Kier alpha value is -2.50. The molecule has 0 saturated heterocycles. The number of ether oxygens (including phenoxy) is 1. The van der Waals surface area contributed by atoms with E-state index in [1.54, 1.807) is 23.6 Å². The molecule has 0 amide bonds. The smallest absolute Gasteiger partial charge is 0.373 e. The van der Waals surface area contributed by atoms with E-state index in [2.05, 4.69) is 4.74 Å². The second-order valence-electron chi connectivity index (χ2n) is 4.47. The maximum absolute atomic E-state index is 11.3. The number of carbonyl (C=O) groups excluding carboxylic acids is 1. The molecule has 106 valence electrons. The molecule has 0 aromatic carbocycles. The van der Waals surface area contributed by atoms with Crippen molar-refractivity contribution in [2.24, 2.45) is 0 Å². The number of esters is 1. The zero-order valence-electron chi connectivity index (χ0n) is 11.5. The Labute approximate surface area is 115 Å². The van der Waals surface area contributed by atoms with Gasteiger partial charge in [0.1, 0.15) is 11.5 Å². The third-order valence-corrected chi connectivity index (χ3v) is 3.06. The van der Waals surface area contributed by atoms with Crippen LogP contribution in [-0.2, 0) is 11.3 Å². The predicted molar refractivity (Wildman–Crippen MR) is 70.0 cm³/mol. The topological polar surface area (TPSA) is 81.7 Å². The molecule has 20 heavy (non-hydrogen) atoms. The number of methoxy groups -OCH3 is 1. The molecule has 6 heteroatoms. The summed E-state index contributed by atoms with van der Waals surface area (Å²) >= 11 is 0. The number of aromatic carboxylic acids is 1. The Balaban J connectivity index is 2.33. The van der Waals surface area contributed by atoms with Gasteiger partial charge in [-0.3, -0.25) is 0 Å². The van der Waals surface area contributed by atoms with Gasteiger partial charge in [-0.05, 0) is 37.6 Å². The number of carboxylic acids is 1. The average molecular weight is 277 g/mol. The highest BCUT2D eigenvalue weighted by Gasteiger charge is 2.18. The van der Waals surface area contributed by atoms with Gasteiger partial charge < -0.3 is 18.8 Å². The molecule has 2 aromatic heterocycles. The molecule has 0 atom stereocenters. The van der Waals surface area contributed by atoms with Gasteiger partial charge in [-0.25, -0.2) is 9.59 Å². The van der Waals surface area contributed by atoms with E-state index in [0.717, 1.165) is 5.69 Å². The summed E-state index contributed by atoms with van der Waals surface area (Å²) in [6.45, 7) is 3.82. The van der Waals surface area contributed by atoms with Crippen molar-refractivity contribution in [3.63, 3.8) is 0 Å². The maximum atomic E-state index is 11.3. The van der Waals surface area contributed by atoms with Crippen LogP contribution in [0.15, 0.2) is 22.6 Å². The van der Waals surface area contributed by atoms with E-state index in [1.165, 1.54) is 13.2 Å². The lowest BCUT2D eigenvalue weighted by molar-refractivity contribution is 0.0561. The molecule has 0 spiro atoms. The molecular weight excluding hydrogens is 262 g/mol. The van der Waals surface area contributed by atoms with Gasteiger partial charge in [-0.2, -0.15) is 0 Å². The number of carboxylic acid groups (broad SMARTS) is 1. The molecule has 0 saturated carbocycles. The summed E-state index contributed by atoms with van der Waals surface area (Å²) in [5.74, 6) is -0.960. The first-order valence-electron chi connectivity index (χ1n) is 6.01. The molecule has 0 unspecified atom stereocenters. The van der Waals surface area contributed by atoms with Gasteiger partial charge in [-0.1, -0.05) is 0 Å². The fourth-order valence-electron chi connectivity index (χ4n) is 2.17. The summed E-state index contributed by atoms with van der Waals surface area (Å²) < 4.78 is 11.5. The zero-order chi connectivity index (χ0) is 14.9. The van der Waals surface area contributed by atoms with Crippen LogP contribution in [0.5, 0.6) is 0 Å². The molecule has 0 fully saturated rings. The molecule has 2 aromatic rings. The van der Waals surface area contributed by atoms with Crippen LogP contribution in [0.25, 0.3) is 0 Å². The minimum atomic E-state index is -0.990. The first-order chi connectivity index (χ1) is 9.43. The average Bonchev–Trinajstić information content (AvgIpc) is 2.94. The normalized spacial score (nSPS) is 10.6. The van der Waals surface area contributed by atoms with Crippen molar-refractivity contribution in [1.82, 2.24) is 4.57 Å². The summed E-state index contributed by atoms with van der Waals surface area (Å²) in [5.41, 5.74) is 1.73. The Morgan fingerprint density at radius 2 is 2.05 bits per heavy atom. The lowest BCUT2D eigenvalue weighted by Gasteiger charge is -2.07. The second kappa shape index (κ2) is 5.24. The monoisotopic (exact) mass is 277 g/mol. The molecule has 6 nitrogen and oxygen atoms in total. The van der Waals surface area contributed by atoms with Crippen molar-refractivity contribution in [3.05, 3.63) is 46.7 Å². The van der Waals surface area contributed by atoms with Crippen molar-refractivity contribution in [3.8, 4) is 0 Å². The standard InChI is InChI=1S/C14H15NO5/c1-8-6-9(2)15(12(8)13(16)17)7-10-4-5-11(20-10)14(18)19-3/h4-6H,7H2,1-3H3,(H,16,17). The second-order valence-corrected chi connectivity index (χ2v) is 4.47. The van der Waals surface area contributed by atoms with Gasteiger partial charge in [0.05, 0.1) is 13.7 Å². The minimum Gasteiger partial charge on any atom is -0.477 e. The van der Waals surface area contributed by atoms with Crippen LogP contribution in [-0.4, -0.2) is 28.7 Å². The highest BCUT2D eigenvalue weighted by atomic mass is 16.5. The number of aryl methyl sites for hydroxylation is 2. The summed E-state index contributed by atoms with van der Waals surface area (Å²) in [7, 11) is 1.27. The van der Waals surface area contributed by atoms with Crippen LogP contribution in [0, 0.1) is 13.8 Å². The molecule has 1 N–H and O–H groups in total. The van der Waals surface area contributed by atoms with E-state index >= 15 is 0 Å². The van der Waals surface area contributed by atoms with Gasteiger partial charge in [0, 0.05) is 5.69 Å². The lowest BCUT2D eigenvalue weighted by atomic mass is 10.2. The van der Waals surface area contributed by atoms with Gasteiger partial charge >= 0.3 is 11.9 Å². The van der Waals surface area contributed by atoms with Crippen LogP contribution in [0.4, 0.5) is 0 Å². The van der Waals surface area contributed by atoms with Crippen LogP contribution < -0.4 is 0 Å². The third-order valence-electron chi connectivity index (χ3n) is 3.06. The lowest BCUT2D eigenvalue weighted by Crippen LogP contribution is -2.11. The maximum Gasteiger partial charge on any atom is 0.373 e. The zero-order valence-corrected chi connectivity index (χ0v) is 11.5. The molecule has 0 aliphatic heterocycles. The number of carbonyl (C=O) groups is 2. The van der Waals surface area contributed by atoms with E-state index in [0.29, 0.717) is 11.3 Å². The molecule has 0 bridgehead atoms. The molecule has 0 radical (unpaired) electrons. The predicted octanol–water partition coefficient (Wildman–Crippen LogP) is 2.23. The molecule has 0 aliphatic carbocycles. The quantitative estimate of drug-likeness (QED) is 0.867. The number of hydrogen-bond acceptors (Lipinski definition) is 4. The minimum absolute atomic E-state index is 0.0981. The van der Waals surface area contributed by atoms with E-state index in [4.69, 9.17) is 4.42 Å². The van der Waals surface area contributed by atoms with Crippen LogP contribution in [0.1, 0.15) is 38.1 Å². The Morgan fingerprint density at radius 3 is 2.65 bits per heavy atom. The van der Waals surface area contributed by atoms with Crippen LogP contribution >= 0.6 is 0 Å². The number of aromatic nitrogens is 1. The Bertz CT molecular complexity index is 665. The summed E-state index contributed by atoms with van der Waals surface area (Å²) in [6.07, 6.45) is 0. The van der Waals surface area contributed by atoms with Gasteiger partial charge in [0.15, 0.2) is 0 Å². The highest BCUT2D eigenvalue weighted by molar-refractivity contribution is 5.88. The van der Waals surface area contributed by atoms with Crippen molar-refractivity contribution in [1.29, 1.82) is 0 Å². The summed E-state index contributed by atoms with van der Waals surface area (Å²) in [4.78, 5) is 22.6. The first-order valence-corrected chi connectivity index (χ1v) is 6.01. The van der Waals surface area contributed by atoms with E-state index in [1.807, 2.05) is 6.92 Å². The van der Waals surface area contributed by atoms with Gasteiger partial charge in [-0.15, -0.1) is 0 Å². The van der Waals surface area contributed by atoms with E-state index in [-0.39, 0.29) is 18.0 Å². The molecule has 2 heterocycles.